The third-order valence-electron chi connectivity index (χ3n) is 3.91. The third kappa shape index (κ3) is 3.46. The van der Waals surface area contributed by atoms with Crippen LogP contribution in [0.2, 0.25) is 0 Å². The van der Waals surface area contributed by atoms with Gasteiger partial charge < -0.3 is 9.72 Å². The molecule has 142 valence electrons. The molecule has 0 saturated carbocycles. The number of fused-ring (bicyclic) bond motifs is 1. The average molecular weight is 393 g/mol. The molecule has 2 heterocycles. The Morgan fingerprint density at radius 3 is 2.54 bits per heavy atom. The summed E-state index contributed by atoms with van der Waals surface area (Å²) in [5, 5.41) is -0.265. The van der Waals surface area contributed by atoms with Crippen LogP contribution in [0.5, 0.6) is 0 Å². The van der Waals surface area contributed by atoms with Crippen LogP contribution in [0.25, 0.3) is 10.9 Å². The molecule has 1 saturated heterocycles. The Morgan fingerprint density at radius 2 is 2.00 bits per heavy atom. The number of hydrogen-bond donors (Lipinski definition) is 2. The monoisotopic (exact) mass is 393 g/mol. The van der Waals surface area contributed by atoms with Crippen LogP contribution in [0, 0.1) is 0 Å². The Labute approximate surface area is 144 Å². The molecule has 1 aromatic heterocycles. The molecule has 0 amide bonds. The summed E-state index contributed by atoms with van der Waals surface area (Å²) in [6.45, 7) is 0.297. The van der Waals surface area contributed by atoms with Crippen molar-refractivity contribution in [2.75, 3.05) is 17.7 Å². The number of rotatable bonds is 3. The van der Waals surface area contributed by atoms with Gasteiger partial charge in [-0.05, 0) is 30.5 Å². The summed E-state index contributed by atoms with van der Waals surface area (Å²) in [6, 6.07) is 1.66. The van der Waals surface area contributed by atoms with E-state index in [0.29, 0.717) is 25.5 Å². The molecule has 12 heteroatoms. The summed E-state index contributed by atoms with van der Waals surface area (Å²) in [5.41, 5.74) is -3.87. The first kappa shape index (κ1) is 18.5. The van der Waals surface area contributed by atoms with Crippen molar-refractivity contribution in [1.82, 2.24) is 9.66 Å². The van der Waals surface area contributed by atoms with Crippen LogP contribution in [-0.2, 0) is 20.9 Å². The van der Waals surface area contributed by atoms with Crippen LogP contribution < -0.4 is 16.1 Å². The fourth-order valence-corrected chi connectivity index (χ4v) is 3.36. The highest BCUT2D eigenvalue weighted by Crippen LogP contribution is 2.40. The van der Waals surface area contributed by atoms with Crippen molar-refractivity contribution in [3.8, 4) is 0 Å². The predicted octanol–water partition coefficient (Wildman–Crippen LogP) is 1.06. The molecule has 0 bridgehead atoms. The van der Waals surface area contributed by atoms with Gasteiger partial charge in [-0.1, -0.05) is 0 Å². The van der Waals surface area contributed by atoms with E-state index in [1.54, 1.807) is 4.83 Å². The van der Waals surface area contributed by atoms with Gasteiger partial charge in [-0.15, -0.1) is 0 Å². The number of nitrogens with one attached hydrogen (secondary N) is 2. The Balaban J connectivity index is 2.32. The van der Waals surface area contributed by atoms with Crippen LogP contribution in [0.15, 0.2) is 21.7 Å². The van der Waals surface area contributed by atoms with E-state index in [2.05, 4.69) is 4.98 Å². The third-order valence-corrected chi connectivity index (χ3v) is 4.42. The lowest BCUT2D eigenvalue weighted by molar-refractivity contribution is -0.139. The first-order valence-corrected chi connectivity index (χ1v) is 9.36. The van der Waals surface area contributed by atoms with E-state index >= 15 is 0 Å². The van der Waals surface area contributed by atoms with Crippen molar-refractivity contribution in [1.29, 1.82) is 0 Å². The van der Waals surface area contributed by atoms with Gasteiger partial charge in [0.25, 0.3) is 5.56 Å². The molecule has 8 nitrogen and oxygen atoms in total. The smallest absolute Gasteiger partial charge is 0.374 e. The molecule has 26 heavy (non-hydrogen) atoms. The molecular formula is C14H14F3N3O5S. The number of ether oxygens (including phenoxy) is 1. The quantitative estimate of drug-likeness (QED) is 0.810. The molecule has 1 atom stereocenters. The fraction of sp³-hybridized carbons (Fsp3) is 0.429. The van der Waals surface area contributed by atoms with E-state index < -0.39 is 39.1 Å². The summed E-state index contributed by atoms with van der Waals surface area (Å²) >= 11 is 0. The molecule has 2 N–H and O–H groups in total. The Bertz CT molecular complexity index is 1080. The number of benzene rings is 1. The Kier molecular flexibility index (Phi) is 4.35. The van der Waals surface area contributed by atoms with Crippen LogP contribution in [0.4, 0.5) is 13.2 Å². The normalized spacial score (nSPS) is 18.4. The van der Waals surface area contributed by atoms with Crippen molar-refractivity contribution < 1.29 is 26.3 Å². The first-order chi connectivity index (χ1) is 12.0. The van der Waals surface area contributed by atoms with Gasteiger partial charge in [0.2, 0.25) is 10.0 Å². The average Bonchev–Trinajstić information content (AvgIpc) is 3.03. The molecule has 1 aliphatic rings. The highest BCUT2D eigenvalue weighted by Gasteiger charge is 2.37. The van der Waals surface area contributed by atoms with E-state index in [1.165, 1.54) is 0 Å². The maximum Gasteiger partial charge on any atom is 0.416 e. The number of sulfonamides is 1. The lowest BCUT2D eigenvalue weighted by Crippen LogP contribution is -2.43. The van der Waals surface area contributed by atoms with E-state index in [0.717, 1.165) is 12.3 Å². The van der Waals surface area contributed by atoms with Crippen molar-refractivity contribution >= 4 is 20.9 Å². The van der Waals surface area contributed by atoms with Gasteiger partial charge in [0.15, 0.2) is 0 Å². The number of hydrogen-bond acceptors (Lipinski definition) is 5. The number of nitrogens with zero attached hydrogens (tertiary/aromatic N) is 1. The molecule has 1 aromatic carbocycles. The molecule has 0 spiro atoms. The minimum absolute atomic E-state index is 0.199. The van der Waals surface area contributed by atoms with Gasteiger partial charge in [0.05, 0.1) is 28.8 Å². The summed E-state index contributed by atoms with van der Waals surface area (Å²) in [6.07, 6.45) is -3.89. The summed E-state index contributed by atoms with van der Waals surface area (Å²) in [4.78, 5) is 28.2. The standard InChI is InChI=1S/C14H14F3N3O5S/c1-26(23,24)19-20-12(21)8-5-7(11-3-2-4-25-11)9(14(15,16)17)6-10(8)18-13(20)22/h5-6,11,19H,2-4H2,1H3,(H,18,22)/t11-/m0/s1. The summed E-state index contributed by atoms with van der Waals surface area (Å²) in [7, 11) is -3.96. The number of H-pyrrole nitrogens is 1. The number of halogens is 3. The van der Waals surface area contributed by atoms with Crippen molar-refractivity contribution in [3.05, 3.63) is 44.1 Å². The molecule has 2 aromatic rings. The van der Waals surface area contributed by atoms with Gasteiger partial charge in [0, 0.05) is 6.61 Å². The van der Waals surface area contributed by atoms with Crippen LogP contribution >= 0.6 is 0 Å². The molecule has 1 fully saturated rings. The van der Waals surface area contributed by atoms with Gasteiger partial charge in [-0.3, -0.25) is 4.79 Å². The predicted molar refractivity (Wildman–Crippen MR) is 86.0 cm³/mol. The van der Waals surface area contributed by atoms with Crippen molar-refractivity contribution in [3.63, 3.8) is 0 Å². The zero-order valence-electron chi connectivity index (χ0n) is 13.4. The molecule has 0 radical (unpaired) electrons. The zero-order chi connectivity index (χ0) is 19.3. The summed E-state index contributed by atoms with van der Waals surface area (Å²) < 4.78 is 68.4. The zero-order valence-corrected chi connectivity index (χ0v) is 14.2. The Morgan fingerprint density at radius 1 is 1.31 bits per heavy atom. The first-order valence-electron chi connectivity index (χ1n) is 7.47. The van der Waals surface area contributed by atoms with Crippen LogP contribution in [-0.4, -0.2) is 30.9 Å². The van der Waals surface area contributed by atoms with Crippen LogP contribution in [0.3, 0.4) is 0 Å². The summed E-state index contributed by atoms with van der Waals surface area (Å²) in [5.74, 6) is 0. The molecular weight excluding hydrogens is 379 g/mol. The van der Waals surface area contributed by atoms with Crippen molar-refractivity contribution in [2.24, 2.45) is 0 Å². The highest BCUT2D eigenvalue weighted by molar-refractivity contribution is 7.91. The molecule has 3 rings (SSSR count). The lowest BCUT2D eigenvalue weighted by Gasteiger charge is -2.18. The van der Waals surface area contributed by atoms with Crippen LogP contribution in [0.1, 0.15) is 30.1 Å². The number of alkyl halides is 3. The topological polar surface area (TPSA) is 110 Å². The second-order valence-electron chi connectivity index (χ2n) is 5.92. The minimum atomic E-state index is -4.72. The fourth-order valence-electron chi connectivity index (χ4n) is 2.86. The van der Waals surface area contributed by atoms with Gasteiger partial charge in [-0.25, -0.2) is 18.0 Å². The number of aromatic nitrogens is 2. The van der Waals surface area contributed by atoms with E-state index in [9.17, 15) is 31.2 Å². The number of aromatic amines is 1. The van der Waals surface area contributed by atoms with Crippen molar-refractivity contribution in [2.45, 2.75) is 25.1 Å². The van der Waals surface area contributed by atoms with Gasteiger partial charge in [-0.2, -0.15) is 17.8 Å². The molecule has 0 unspecified atom stereocenters. The maximum absolute atomic E-state index is 13.4. The van der Waals surface area contributed by atoms with E-state index in [4.69, 9.17) is 4.74 Å². The minimum Gasteiger partial charge on any atom is -0.374 e. The molecule has 0 aliphatic carbocycles. The maximum atomic E-state index is 13.4. The second-order valence-corrected chi connectivity index (χ2v) is 7.65. The second kappa shape index (κ2) is 6.13. The lowest BCUT2D eigenvalue weighted by atomic mass is 9.97. The molecule has 1 aliphatic heterocycles. The SMILES string of the molecule is CS(=O)(=O)Nn1c(=O)[nH]c2cc(C(F)(F)F)c([C@@H]3CCCO3)cc2c1=O. The van der Waals surface area contributed by atoms with Gasteiger partial charge >= 0.3 is 11.9 Å². The largest absolute Gasteiger partial charge is 0.416 e. The highest BCUT2D eigenvalue weighted by atomic mass is 32.2. The Hall–Kier alpha value is -2.34. The van der Waals surface area contributed by atoms with E-state index in [-0.39, 0.29) is 21.1 Å². The van der Waals surface area contributed by atoms with Gasteiger partial charge in [0.1, 0.15) is 0 Å². The van der Waals surface area contributed by atoms with E-state index in [1.807, 2.05) is 0 Å².